The van der Waals surface area contributed by atoms with Gasteiger partial charge in [0.2, 0.25) is 0 Å². The maximum atomic E-state index is 2.42. The van der Waals surface area contributed by atoms with E-state index in [0.717, 1.165) is 6.42 Å². The highest BCUT2D eigenvalue weighted by Gasteiger charge is 2.51. The van der Waals surface area contributed by atoms with Gasteiger partial charge in [-0.25, -0.2) is 0 Å². The number of hydrogen-bond acceptors (Lipinski definition) is 0. The Morgan fingerprint density at radius 1 is 0.185 bits per heavy atom. The molecule has 18 aromatic rings. The topological polar surface area (TPSA) is 0 Å². The van der Waals surface area contributed by atoms with E-state index in [9.17, 15) is 0 Å². The first-order valence-corrected chi connectivity index (χ1v) is 44.3. The van der Waals surface area contributed by atoms with Gasteiger partial charge in [-0.3, -0.25) is 0 Å². The second kappa shape index (κ2) is 38.7. The lowest BCUT2D eigenvalue weighted by molar-refractivity contribution is 0.550. The molecule has 1 saturated carbocycles. The van der Waals surface area contributed by atoms with Gasteiger partial charge in [0, 0.05) is 10.8 Å². The lowest BCUT2D eigenvalue weighted by Gasteiger charge is -2.30. The molecule has 6 aliphatic carbocycles. The molecule has 0 heterocycles. The maximum Gasteiger partial charge on any atom is 0.0725 e. The minimum Gasteiger partial charge on any atom is -0.0683 e. The van der Waals surface area contributed by atoms with E-state index >= 15 is 0 Å². The molecule has 119 heavy (non-hydrogen) atoms. The van der Waals surface area contributed by atoms with E-state index in [1.807, 2.05) is 101 Å². The van der Waals surface area contributed by atoms with Crippen LogP contribution in [0.1, 0.15) is 184 Å². The van der Waals surface area contributed by atoms with Gasteiger partial charge in [0.15, 0.2) is 0 Å². The second-order valence-corrected chi connectivity index (χ2v) is 30.3. The summed E-state index contributed by atoms with van der Waals surface area (Å²) in [6, 6.07) is 139. The van der Waals surface area contributed by atoms with Gasteiger partial charge in [-0.05, 0) is 214 Å². The Hall–Kier alpha value is -12.5. The van der Waals surface area contributed by atoms with Crippen LogP contribution in [-0.2, 0) is 22.7 Å². The molecular formula is C119H118. The number of fused-ring (bicyclic) bond motifs is 33. The normalized spacial score (nSPS) is 13.0. The van der Waals surface area contributed by atoms with Crippen molar-refractivity contribution in [2.45, 2.75) is 152 Å². The summed E-state index contributed by atoms with van der Waals surface area (Å²) in [4.78, 5) is 0. The predicted octanol–water partition coefficient (Wildman–Crippen LogP) is 34.6. The molecule has 0 bridgehead atoms. The van der Waals surface area contributed by atoms with E-state index in [-0.39, 0.29) is 10.8 Å². The third kappa shape index (κ3) is 15.5. The van der Waals surface area contributed by atoms with Crippen LogP contribution in [0.25, 0.3) is 120 Å². The summed E-state index contributed by atoms with van der Waals surface area (Å²) in [6.07, 6.45) is 6.53. The molecule has 0 saturated heterocycles. The molecule has 594 valence electrons. The zero-order valence-electron chi connectivity index (χ0n) is 72.9. The van der Waals surface area contributed by atoms with Crippen molar-refractivity contribution in [3.05, 3.63) is 443 Å². The van der Waals surface area contributed by atoms with Gasteiger partial charge >= 0.3 is 0 Å². The quantitative estimate of drug-likeness (QED) is 0.105. The summed E-state index contributed by atoms with van der Waals surface area (Å²) in [7, 11) is 0. The Balaban J connectivity index is 0.000000125. The van der Waals surface area contributed by atoms with E-state index in [0.29, 0.717) is 5.41 Å². The molecule has 18 aromatic carbocycles. The van der Waals surface area contributed by atoms with Gasteiger partial charge < -0.3 is 0 Å². The fraction of sp³-hybridized carbons (Fsp3) is 0.193. The minimum absolute atomic E-state index is 0.160. The SMILES string of the molecule is CC.CC.CC.CC.CC.CC.CC1(C)c2ccccc2-c2ccccc21.Cc1ccccc1.c1ccc2c(c1)-c1ccccc1C21CCCC1.c1ccc2c(c1)-c1ccccc1C21c2ccccc2-c2ccccc21.c1ccc2c(c1)Cc1ccccc1-2.c1ccc2c(c1)c1ccccc1c1cc3c4ccccc4c4ccccc4c3cc21. The molecule has 0 aromatic heterocycles. The Bertz CT molecular complexity index is 5880. The summed E-state index contributed by atoms with van der Waals surface area (Å²) in [5.74, 6) is 0. The smallest absolute Gasteiger partial charge is 0.0683 e. The third-order valence-electron chi connectivity index (χ3n) is 24.3. The first-order valence-electron chi connectivity index (χ1n) is 44.3. The summed E-state index contributed by atoms with van der Waals surface area (Å²) < 4.78 is 0. The highest BCUT2D eigenvalue weighted by atomic mass is 14.5. The lowest BCUT2D eigenvalue weighted by atomic mass is 9.70. The predicted molar refractivity (Wildman–Crippen MR) is 523 cm³/mol. The molecule has 1 fully saturated rings. The molecule has 0 heteroatoms. The number of aryl methyl sites for hydroxylation is 1. The van der Waals surface area contributed by atoms with E-state index in [1.165, 1.54) is 196 Å². The van der Waals surface area contributed by atoms with Crippen molar-refractivity contribution in [2.75, 3.05) is 0 Å². The monoisotopic (exact) mass is 1550 g/mol. The standard InChI is InChI=1S/C30H18.C25H16.C17H16.C15H14.C13H10.C7H8.6C2H6/c1-5-13-23-19(9-1)20-10-2-6-14-24(20)28-18-30-26-16-8-4-12-22(26)21-11-3-7-15-25(21)29(30)17-27(23)28;1-5-13-21-17(9-1)18-10-2-6-14-22(18)25(21)23-15-7-3-11-19(23)20-12-4-8-16-24(20)25;1-3-9-15-13(7-1)14-8-2-4-10-16(14)17(15)11-5-6-12-17;1-15(2)13-9-5-3-7-11(13)12-8-4-6-10-14(12)15;1-3-7-12-10(5-1)9-11-6-2-4-8-13(11)12;1-7-5-3-2-4-6-7;6*1-2/h1-18H;1-16H;1-4,7-10H,5-6,11-12H2;3-10H,1-2H3;1-8H,9H2;2-6H,1H3;6*1-2H3. The summed E-state index contributed by atoms with van der Waals surface area (Å²) in [5, 5.41) is 15.9. The van der Waals surface area contributed by atoms with Gasteiger partial charge in [0.25, 0.3) is 0 Å². The first kappa shape index (κ1) is 84.4. The van der Waals surface area contributed by atoms with Gasteiger partial charge in [0.1, 0.15) is 0 Å². The molecule has 6 aliphatic rings. The van der Waals surface area contributed by atoms with E-state index in [1.54, 1.807) is 11.1 Å². The fourth-order valence-electron chi connectivity index (χ4n) is 19.6. The highest BCUT2D eigenvalue weighted by Crippen LogP contribution is 2.63. The summed E-state index contributed by atoms with van der Waals surface area (Å²) in [5.41, 5.74) is 30.3. The average Bonchev–Trinajstić information content (AvgIpc) is 1.54. The van der Waals surface area contributed by atoms with Crippen molar-refractivity contribution >= 4 is 64.6 Å². The van der Waals surface area contributed by atoms with Crippen LogP contribution in [0.5, 0.6) is 0 Å². The van der Waals surface area contributed by atoms with Crippen LogP contribution in [-0.4, -0.2) is 0 Å². The molecular weight excluding hydrogens is 1430 g/mol. The van der Waals surface area contributed by atoms with E-state index in [2.05, 4.69) is 385 Å². The zero-order chi connectivity index (χ0) is 83.6. The maximum absolute atomic E-state index is 2.42. The molecule has 0 N–H and O–H groups in total. The number of hydrogen-bond donors (Lipinski definition) is 0. The van der Waals surface area contributed by atoms with Crippen molar-refractivity contribution in [1.82, 2.24) is 0 Å². The van der Waals surface area contributed by atoms with Crippen LogP contribution < -0.4 is 0 Å². The lowest BCUT2D eigenvalue weighted by Crippen LogP contribution is -2.25. The molecule has 0 atom stereocenters. The van der Waals surface area contributed by atoms with Crippen LogP contribution >= 0.6 is 0 Å². The van der Waals surface area contributed by atoms with Crippen molar-refractivity contribution in [1.29, 1.82) is 0 Å². The van der Waals surface area contributed by atoms with Gasteiger partial charge in [-0.1, -0.05) is 485 Å². The molecule has 0 radical (unpaired) electrons. The van der Waals surface area contributed by atoms with Crippen LogP contribution in [0.4, 0.5) is 0 Å². The van der Waals surface area contributed by atoms with Gasteiger partial charge in [-0.2, -0.15) is 0 Å². The van der Waals surface area contributed by atoms with E-state index in [4.69, 9.17) is 0 Å². The van der Waals surface area contributed by atoms with Crippen molar-refractivity contribution < 1.29 is 0 Å². The van der Waals surface area contributed by atoms with Crippen molar-refractivity contribution in [3.63, 3.8) is 0 Å². The zero-order valence-corrected chi connectivity index (χ0v) is 72.9. The number of rotatable bonds is 0. The molecule has 2 spiro atoms. The highest BCUT2D eigenvalue weighted by molar-refractivity contribution is 6.33. The Morgan fingerprint density at radius 2 is 0.378 bits per heavy atom. The van der Waals surface area contributed by atoms with Crippen molar-refractivity contribution in [2.24, 2.45) is 0 Å². The summed E-state index contributed by atoms with van der Waals surface area (Å²) >= 11 is 0. The summed E-state index contributed by atoms with van der Waals surface area (Å²) in [6.45, 7) is 30.7. The van der Waals surface area contributed by atoms with Crippen LogP contribution in [0.3, 0.4) is 0 Å². The largest absolute Gasteiger partial charge is 0.0725 e. The van der Waals surface area contributed by atoms with Gasteiger partial charge in [-0.15, -0.1) is 0 Å². The Kier molecular flexibility index (Phi) is 27.5. The number of benzene rings is 18. The van der Waals surface area contributed by atoms with Gasteiger partial charge in [0.05, 0.1) is 5.41 Å². The molecule has 0 aliphatic heterocycles. The third-order valence-corrected chi connectivity index (χ3v) is 24.3. The van der Waals surface area contributed by atoms with E-state index < -0.39 is 0 Å². The Labute approximate surface area is 711 Å². The second-order valence-electron chi connectivity index (χ2n) is 30.3. The van der Waals surface area contributed by atoms with Crippen LogP contribution in [0.15, 0.2) is 382 Å². The molecule has 0 amide bonds. The molecule has 0 unspecified atom stereocenters. The average molecular weight is 1550 g/mol. The molecule has 0 nitrogen and oxygen atoms in total. The fourth-order valence-corrected chi connectivity index (χ4v) is 19.6. The van der Waals surface area contributed by atoms with Crippen LogP contribution in [0.2, 0.25) is 0 Å². The van der Waals surface area contributed by atoms with Crippen LogP contribution in [0, 0.1) is 6.92 Å². The molecule has 24 rings (SSSR count). The van der Waals surface area contributed by atoms with Crippen molar-refractivity contribution in [3.8, 4) is 55.6 Å². The first-order chi connectivity index (χ1) is 58.8. The Morgan fingerprint density at radius 3 is 0.639 bits per heavy atom. The minimum atomic E-state index is -0.180.